The molecule has 1 aliphatic heterocycles. The van der Waals surface area contributed by atoms with Crippen LogP contribution in [0.2, 0.25) is 0 Å². The highest BCUT2D eigenvalue weighted by molar-refractivity contribution is 5.49. The van der Waals surface area contributed by atoms with Gasteiger partial charge in [-0.1, -0.05) is 20.8 Å². The first-order valence-corrected chi connectivity index (χ1v) is 8.45. The SMILES string of the molecule is CCCNCc1cnc(N2CC(C)CC(C)C2C)c(C)c1. The first-order chi connectivity index (χ1) is 10.0. The minimum absolute atomic E-state index is 0.580. The fourth-order valence-electron chi connectivity index (χ4n) is 3.43. The molecule has 3 atom stereocenters. The second kappa shape index (κ2) is 7.26. The molecule has 1 aliphatic rings. The fourth-order valence-corrected chi connectivity index (χ4v) is 3.43. The van der Waals surface area contributed by atoms with Crippen LogP contribution in [0, 0.1) is 18.8 Å². The zero-order chi connectivity index (χ0) is 15.4. The summed E-state index contributed by atoms with van der Waals surface area (Å²) in [4.78, 5) is 7.30. The predicted octanol–water partition coefficient (Wildman–Crippen LogP) is 3.76. The molecule has 1 fully saturated rings. The van der Waals surface area contributed by atoms with Gasteiger partial charge in [0.2, 0.25) is 0 Å². The standard InChI is InChI=1S/C18H31N3/c1-6-7-19-10-17-9-15(4)18(20-11-17)21-12-13(2)8-14(3)16(21)5/h9,11,13-14,16,19H,6-8,10,12H2,1-5H3. The predicted molar refractivity (Wildman–Crippen MR) is 90.7 cm³/mol. The van der Waals surface area contributed by atoms with Gasteiger partial charge in [0.05, 0.1) is 0 Å². The topological polar surface area (TPSA) is 28.2 Å². The van der Waals surface area contributed by atoms with E-state index < -0.39 is 0 Å². The molecule has 1 aromatic rings. The lowest BCUT2D eigenvalue weighted by molar-refractivity contribution is 0.295. The summed E-state index contributed by atoms with van der Waals surface area (Å²) in [6.07, 6.45) is 4.54. The van der Waals surface area contributed by atoms with Gasteiger partial charge in [0.25, 0.3) is 0 Å². The van der Waals surface area contributed by atoms with Gasteiger partial charge >= 0.3 is 0 Å². The summed E-state index contributed by atoms with van der Waals surface area (Å²) in [5, 5.41) is 3.45. The van der Waals surface area contributed by atoms with Gasteiger partial charge in [-0.25, -0.2) is 4.98 Å². The van der Waals surface area contributed by atoms with Crippen LogP contribution in [0.1, 0.15) is 51.7 Å². The van der Waals surface area contributed by atoms with E-state index in [1.165, 1.54) is 29.8 Å². The van der Waals surface area contributed by atoms with Crippen LogP contribution >= 0.6 is 0 Å². The second-order valence-corrected chi connectivity index (χ2v) is 6.87. The zero-order valence-electron chi connectivity index (χ0n) is 14.3. The van der Waals surface area contributed by atoms with Crippen LogP contribution in [-0.4, -0.2) is 24.1 Å². The smallest absolute Gasteiger partial charge is 0.131 e. The van der Waals surface area contributed by atoms with Gasteiger partial charge in [-0.3, -0.25) is 0 Å². The van der Waals surface area contributed by atoms with E-state index in [9.17, 15) is 0 Å². The quantitative estimate of drug-likeness (QED) is 0.837. The van der Waals surface area contributed by atoms with E-state index in [0.29, 0.717) is 6.04 Å². The Morgan fingerprint density at radius 1 is 1.33 bits per heavy atom. The molecular weight excluding hydrogens is 258 g/mol. The highest BCUT2D eigenvalue weighted by Crippen LogP contribution is 2.31. The van der Waals surface area contributed by atoms with E-state index in [1.807, 2.05) is 6.20 Å². The number of rotatable bonds is 5. The molecule has 118 valence electrons. The average molecular weight is 289 g/mol. The lowest BCUT2D eigenvalue weighted by Crippen LogP contribution is -2.46. The Morgan fingerprint density at radius 2 is 2.10 bits per heavy atom. The van der Waals surface area contributed by atoms with E-state index in [4.69, 9.17) is 4.98 Å². The molecule has 3 heteroatoms. The molecule has 1 N–H and O–H groups in total. The Morgan fingerprint density at radius 3 is 2.76 bits per heavy atom. The van der Waals surface area contributed by atoms with E-state index in [-0.39, 0.29) is 0 Å². The van der Waals surface area contributed by atoms with Gasteiger partial charge in [0, 0.05) is 25.3 Å². The largest absolute Gasteiger partial charge is 0.353 e. The molecule has 0 amide bonds. The Kier molecular flexibility index (Phi) is 5.63. The maximum atomic E-state index is 4.79. The lowest BCUT2D eigenvalue weighted by atomic mass is 9.86. The van der Waals surface area contributed by atoms with Crippen LogP contribution < -0.4 is 10.2 Å². The third-order valence-electron chi connectivity index (χ3n) is 4.73. The Labute approximate surface area is 130 Å². The monoisotopic (exact) mass is 289 g/mol. The van der Waals surface area contributed by atoms with Crippen LogP contribution in [0.25, 0.3) is 0 Å². The number of aromatic nitrogens is 1. The van der Waals surface area contributed by atoms with Crippen molar-refractivity contribution in [3.63, 3.8) is 0 Å². The van der Waals surface area contributed by atoms with Crippen LogP contribution in [-0.2, 0) is 6.54 Å². The van der Waals surface area contributed by atoms with Gasteiger partial charge in [-0.15, -0.1) is 0 Å². The van der Waals surface area contributed by atoms with E-state index in [1.54, 1.807) is 0 Å². The maximum Gasteiger partial charge on any atom is 0.131 e. The van der Waals surface area contributed by atoms with Gasteiger partial charge in [-0.05, 0) is 62.3 Å². The van der Waals surface area contributed by atoms with Crippen LogP contribution in [0.3, 0.4) is 0 Å². The molecule has 2 rings (SSSR count). The number of nitrogens with one attached hydrogen (secondary N) is 1. The van der Waals surface area contributed by atoms with Gasteiger partial charge in [0.1, 0.15) is 5.82 Å². The molecule has 3 unspecified atom stereocenters. The second-order valence-electron chi connectivity index (χ2n) is 6.87. The van der Waals surface area contributed by atoms with E-state index in [0.717, 1.165) is 31.5 Å². The first kappa shape index (κ1) is 16.3. The van der Waals surface area contributed by atoms with Crippen molar-refractivity contribution in [3.8, 4) is 0 Å². The van der Waals surface area contributed by atoms with E-state index >= 15 is 0 Å². The molecule has 1 saturated heterocycles. The van der Waals surface area contributed by atoms with Crippen molar-refractivity contribution in [1.82, 2.24) is 10.3 Å². The summed E-state index contributed by atoms with van der Waals surface area (Å²) in [5.74, 6) is 2.67. The minimum atomic E-state index is 0.580. The number of piperidine rings is 1. The molecule has 0 radical (unpaired) electrons. The Balaban J connectivity index is 2.12. The van der Waals surface area contributed by atoms with Crippen molar-refractivity contribution in [2.45, 2.75) is 60.0 Å². The van der Waals surface area contributed by atoms with Gasteiger partial charge in [0.15, 0.2) is 0 Å². The third-order valence-corrected chi connectivity index (χ3v) is 4.73. The number of nitrogens with zero attached hydrogens (tertiary/aromatic N) is 2. The molecule has 3 nitrogen and oxygen atoms in total. The average Bonchev–Trinajstić information content (AvgIpc) is 2.44. The molecule has 0 aromatic carbocycles. The highest BCUT2D eigenvalue weighted by atomic mass is 15.2. The first-order valence-electron chi connectivity index (χ1n) is 8.45. The van der Waals surface area contributed by atoms with Crippen molar-refractivity contribution in [3.05, 3.63) is 23.4 Å². The summed E-state index contributed by atoms with van der Waals surface area (Å²) in [5.41, 5.74) is 2.59. The van der Waals surface area contributed by atoms with Crippen molar-refractivity contribution in [2.75, 3.05) is 18.0 Å². The van der Waals surface area contributed by atoms with Crippen molar-refractivity contribution < 1.29 is 0 Å². The zero-order valence-corrected chi connectivity index (χ0v) is 14.3. The maximum absolute atomic E-state index is 4.79. The molecule has 0 aliphatic carbocycles. The third kappa shape index (κ3) is 3.97. The fraction of sp³-hybridized carbons (Fsp3) is 0.722. The van der Waals surface area contributed by atoms with Crippen LogP contribution in [0.4, 0.5) is 5.82 Å². The molecule has 21 heavy (non-hydrogen) atoms. The summed E-state index contributed by atoms with van der Waals surface area (Å²) in [6.45, 7) is 14.6. The number of hydrogen-bond acceptors (Lipinski definition) is 3. The Bertz CT molecular complexity index is 458. The summed E-state index contributed by atoms with van der Waals surface area (Å²) >= 11 is 0. The van der Waals surface area contributed by atoms with Crippen molar-refractivity contribution in [1.29, 1.82) is 0 Å². The summed E-state index contributed by atoms with van der Waals surface area (Å²) in [6, 6.07) is 2.87. The molecule has 0 saturated carbocycles. The van der Waals surface area contributed by atoms with Crippen molar-refractivity contribution in [2.24, 2.45) is 11.8 Å². The molecule has 2 heterocycles. The lowest BCUT2D eigenvalue weighted by Gasteiger charge is -2.42. The normalized spacial score (nSPS) is 26.1. The summed E-state index contributed by atoms with van der Waals surface area (Å²) < 4.78 is 0. The number of aryl methyl sites for hydroxylation is 1. The summed E-state index contributed by atoms with van der Waals surface area (Å²) in [7, 11) is 0. The van der Waals surface area contributed by atoms with Crippen LogP contribution in [0.15, 0.2) is 12.3 Å². The van der Waals surface area contributed by atoms with Crippen molar-refractivity contribution >= 4 is 5.82 Å². The van der Waals surface area contributed by atoms with Gasteiger partial charge < -0.3 is 10.2 Å². The minimum Gasteiger partial charge on any atom is -0.353 e. The van der Waals surface area contributed by atoms with Gasteiger partial charge in [-0.2, -0.15) is 0 Å². The molecular formula is C18H31N3. The van der Waals surface area contributed by atoms with Crippen LogP contribution in [0.5, 0.6) is 0 Å². The number of pyridine rings is 1. The Hall–Kier alpha value is -1.09. The molecule has 0 spiro atoms. The number of hydrogen-bond donors (Lipinski definition) is 1. The highest BCUT2D eigenvalue weighted by Gasteiger charge is 2.30. The number of anilines is 1. The molecule has 1 aromatic heterocycles. The van der Waals surface area contributed by atoms with E-state index in [2.05, 4.69) is 50.9 Å². The molecule has 0 bridgehead atoms.